The lowest BCUT2D eigenvalue weighted by molar-refractivity contribution is 0.340. The molecule has 0 aliphatic heterocycles. The number of hydrogen-bond acceptors (Lipinski definition) is 3. The smallest absolute Gasteiger partial charge is 0.119 e. The number of anilines is 1. The van der Waals surface area contributed by atoms with E-state index in [4.69, 9.17) is 10.5 Å². The Morgan fingerprint density at radius 1 is 1.05 bits per heavy atom. The van der Waals surface area contributed by atoms with Gasteiger partial charge in [0.05, 0.1) is 12.6 Å². The van der Waals surface area contributed by atoms with Gasteiger partial charge < -0.3 is 15.4 Å². The molecule has 0 saturated heterocycles. The van der Waals surface area contributed by atoms with Gasteiger partial charge in [-0.15, -0.1) is 0 Å². The molecule has 1 unspecified atom stereocenters. The van der Waals surface area contributed by atoms with Crippen LogP contribution in [0.15, 0.2) is 48.5 Å². The summed E-state index contributed by atoms with van der Waals surface area (Å²) in [7, 11) is 4.06. The summed E-state index contributed by atoms with van der Waals surface area (Å²) < 4.78 is 5.45. The highest BCUT2D eigenvalue weighted by Gasteiger charge is 2.10. The van der Waals surface area contributed by atoms with Crippen LogP contribution in [0.2, 0.25) is 0 Å². The molecule has 0 heterocycles. The maximum absolute atomic E-state index is 6.35. The first kappa shape index (κ1) is 14.4. The predicted octanol–water partition coefficient (Wildman–Crippen LogP) is 3.20. The van der Waals surface area contributed by atoms with Crippen molar-refractivity contribution in [3.05, 3.63) is 59.7 Å². The number of nitrogens with two attached hydrogens (primary N) is 1. The molecule has 2 N–H and O–H groups in total. The van der Waals surface area contributed by atoms with Crippen LogP contribution in [0, 0.1) is 0 Å². The largest absolute Gasteiger partial charge is 0.494 e. The Hall–Kier alpha value is -2.00. The zero-order valence-electron chi connectivity index (χ0n) is 12.3. The van der Waals surface area contributed by atoms with E-state index in [1.54, 1.807) is 0 Å². The number of hydrogen-bond donors (Lipinski definition) is 1. The summed E-state index contributed by atoms with van der Waals surface area (Å²) >= 11 is 0. The van der Waals surface area contributed by atoms with Crippen LogP contribution in [0.4, 0.5) is 5.69 Å². The number of benzene rings is 2. The Bertz CT molecular complexity index is 549. The molecule has 106 valence electrons. The number of ether oxygens (including phenoxy) is 1. The predicted molar refractivity (Wildman–Crippen MR) is 84.4 cm³/mol. The lowest BCUT2D eigenvalue weighted by atomic mass is 9.99. The van der Waals surface area contributed by atoms with Gasteiger partial charge in [-0.1, -0.05) is 24.3 Å². The maximum Gasteiger partial charge on any atom is 0.119 e. The van der Waals surface area contributed by atoms with E-state index in [2.05, 4.69) is 23.1 Å². The third-order valence-corrected chi connectivity index (χ3v) is 3.30. The van der Waals surface area contributed by atoms with Crippen molar-refractivity contribution in [3.63, 3.8) is 0 Å². The fourth-order valence-corrected chi connectivity index (χ4v) is 2.13. The Kier molecular flexibility index (Phi) is 4.64. The highest BCUT2D eigenvalue weighted by molar-refractivity contribution is 5.49. The van der Waals surface area contributed by atoms with Gasteiger partial charge in [0, 0.05) is 19.8 Å². The summed E-state index contributed by atoms with van der Waals surface area (Å²) in [6.45, 7) is 2.66. The SMILES string of the molecule is CCOc1ccc(C(N)c2cccc(N(C)C)c2)cc1. The van der Waals surface area contributed by atoms with Gasteiger partial charge in [0.15, 0.2) is 0 Å². The van der Waals surface area contributed by atoms with Crippen LogP contribution in [0.5, 0.6) is 5.75 Å². The second-order valence-corrected chi connectivity index (χ2v) is 4.97. The van der Waals surface area contributed by atoms with Crippen LogP contribution >= 0.6 is 0 Å². The van der Waals surface area contributed by atoms with Crippen molar-refractivity contribution in [3.8, 4) is 5.75 Å². The second-order valence-electron chi connectivity index (χ2n) is 4.97. The van der Waals surface area contributed by atoms with Crippen molar-refractivity contribution in [2.75, 3.05) is 25.6 Å². The molecule has 2 aromatic rings. The van der Waals surface area contributed by atoms with E-state index >= 15 is 0 Å². The van der Waals surface area contributed by atoms with Gasteiger partial charge in [-0.05, 0) is 42.3 Å². The fourth-order valence-electron chi connectivity index (χ4n) is 2.13. The molecular weight excluding hydrogens is 248 g/mol. The topological polar surface area (TPSA) is 38.5 Å². The van der Waals surface area contributed by atoms with E-state index in [-0.39, 0.29) is 6.04 Å². The molecule has 0 aromatic heterocycles. The van der Waals surface area contributed by atoms with Crippen molar-refractivity contribution in [1.82, 2.24) is 0 Å². The monoisotopic (exact) mass is 270 g/mol. The standard InChI is InChI=1S/C17H22N2O/c1-4-20-16-10-8-13(9-11-16)17(18)14-6-5-7-15(12-14)19(2)3/h5-12,17H,4,18H2,1-3H3. The molecule has 0 fully saturated rings. The number of nitrogens with zero attached hydrogens (tertiary/aromatic N) is 1. The zero-order chi connectivity index (χ0) is 14.5. The summed E-state index contributed by atoms with van der Waals surface area (Å²) in [6, 6.07) is 16.2. The van der Waals surface area contributed by atoms with Gasteiger partial charge in [-0.25, -0.2) is 0 Å². The Morgan fingerprint density at radius 3 is 2.35 bits per heavy atom. The van der Waals surface area contributed by atoms with Crippen molar-refractivity contribution in [2.24, 2.45) is 5.73 Å². The van der Waals surface area contributed by atoms with Crippen molar-refractivity contribution >= 4 is 5.69 Å². The fraction of sp³-hybridized carbons (Fsp3) is 0.294. The van der Waals surface area contributed by atoms with Crippen molar-refractivity contribution < 1.29 is 4.74 Å². The minimum absolute atomic E-state index is 0.120. The van der Waals surface area contributed by atoms with E-state index in [0.717, 1.165) is 22.6 Å². The van der Waals surface area contributed by atoms with Gasteiger partial charge in [-0.3, -0.25) is 0 Å². The van der Waals surface area contributed by atoms with E-state index in [1.165, 1.54) is 0 Å². The first-order valence-corrected chi connectivity index (χ1v) is 6.87. The molecule has 0 spiro atoms. The minimum atomic E-state index is -0.120. The number of rotatable bonds is 5. The van der Waals surface area contributed by atoms with Gasteiger partial charge in [0.1, 0.15) is 5.75 Å². The Morgan fingerprint density at radius 2 is 1.75 bits per heavy atom. The molecule has 1 atom stereocenters. The van der Waals surface area contributed by atoms with Crippen molar-refractivity contribution in [1.29, 1.82) is 0 Å². The molecule has 2 aromatic carbocycles. The molecule has 3 nitrogen and oxygen atoms in total. The highest BCUT2D eigenvalue weighted by Crippen LogP contribution is 2.24. The lowest BCUT2D eigenvalue weighted by Crippen LogP contribution is -2.14. The lowest BCUT2D eigenvalue weighted by Gasteiger charge is -2.17. The molecular formula is C17H22N2O. The van der Waals surface area contributed by atoms with Gasteiger partial charge in [0.2, 0.25) is 0 Å². The molecule has 3 heteroatoms. The second kappa shape index (κ2) is 6.44. The first-order valence-electron chi connectivity index (χ1n) is 6.87. The van der Waals surface area contributed by atoms with Gasteiger partial charge in [-0.2, -0.15) is 0 Å². The van der Waals surface area contributed by atoms with Crippen LogP contribution in [0.1, 0.15) is 24.1 Å². The van der Waals surface area contributed by atoms with E-state index in [1.807, 2.05) is 51.4 Å². The molecule has 20 heavy (non-hydrogen) atoms. The minimum Gasteiger partial charge on any atom is -0.494 e. The molecule has 2 rings (SSSR count). The van der Waals surface area contributed by atoms with Gasteiger partial charge >= 0.3 is 0 Å². The molecule has 0 amide bonds. The van der Waals surface area contributed by atoms with Crippen LogP contribution < -0.4 is 15.4 Å². The van der Waals surface area contributed by atoms with Crippen LogP contribution in [-0.2, 0) is 0 Å². The van der Waals surface area contributed by atoms with Crippen LogP contribution in [0.3, 0.4) is 0 Å². The molecule has 0 saturated carbocycles. The van der Waals surface area contributed by atoms with Crippen LogP contribution in [-0.4, -0.2) is 20.7 Å². The van der Waals surface area contributed by atoms with E-state index < -0.39 is 0 Å². The summed E-state index contributed by atoms with van der Waals surface area (Å²) in [6.07, 6.45) is 0. The summed E-state index contributed by atoms with van der Waals surface area (Å²) in [5.41, 5.74) is 9.71. The average Bonchev–Trinajstić information content (AvgIpc) is 2.48. The summed E-state index contributed by atoms with van der Waals surface area (Å²) in [5, 5.41) is 0. The maximum atomic E-state index is 6.35. The molecule has 0 aliphatic rings. The molecule has 0 radical (unpaired) electrons. The van der Waals surface area contributed by atoms with Crippen molar-refractivity contribution in [2.45, 2.75) is 13.0 Å². The highest BCUT2D eigenvalue weighted by atomic mass is 16.5. The molecule has 0 aliphatic carbocycles. The molecule has 0 bridgehead atoms. The van der Waals surface area contributed by atoms with Gasteiger partial charge in [0.25, 0.3) is 0 Å². The first-order chi connectivity index (χ1) is 9.61. The quantitative estimate of drug-likeness (QED) is 0.906. The average molecular weight is 270 g/mol. The normalized spacial score (nSPS) is 12.0. The van der Waals surface area contributed by atoms with E-state index in [0.29, 0.717) is 6.61 Å². The van der Waals surface area contributed by atoms with Crippen LogP contribution in [0.25, 0.3) is 0 Å². The van der Waals surface area contributed by atoms with E-state index in [9.17, 15) is 0 Å². The Labute approximate surface area is 121 Å². The summed E-state index contributed by atoms with van der Waals surface area (Å²) in [4.78, 5) is 2.08. The third-order valence-electron chi connectivity index (χ3n) is 3.30. The summed E-state index contributed by atoms with van der Waals surface area (Å²) in [5.74, 6) is 0.880. The zero-order valence-corrected chi connectivity index (χ0v) is 12.3. The third kappa shape index (κ3) is 3.31. The Balaban J connectivity index is 2.21.